The van der Waals surface area contributed by atoms with E-state index in [0.717, 1.165) is 5.92 Å². The summed E-state index contributed by atoms with van der Waals surface area (Å²) in [7, 11) is -0.474. The van der Waals surface area contributed by atoms with Crippen molar-refractivity contribution in [2.24, 2.45) is 23.2 Å². The molecule has 2 bridgehead atoms. The average Bonchev–Trinajstić information content (AvgIpc) is 2.63. The normalized spacial score (nSPS) is 30.4. The molecule has 0 unspecified atom stereocenters. The SMILES string of the molecule is CC1(C)[C@H]2C[C@H](P(c3ccccc3)c3ccccc3)[C@@H](C#N)[C@@H]1C2. The van der Waals surface area contributed by atoms with Gasteiger partial charge in [0.25, 0.3) is 0 Å². The Morgan fingerprint density at radius 2 is 1.46 bits per heavy atom. The van der Waals surface area contributed by atoms with Gasteiger partial charge in [-0.05, 0) is 48.6 Å². The Kier molecular flexibility index (Phi) is 3.98. The Hall–Kier alpha value is -1.64. The van der Waals surface area contributed by atoms with Crippen LogP contribution in [0.5, 0.6) is 0 Å². The summed E-state index contributed by atoms with van der Waals surface area (Å²) in [6.45, 7) is 4.75. The van der Waals surface area contributed by atoms with E-state index in [2.05, 4.69) is 80.6 Å². The molecule has 3 fully saturated rings. The molecule has 2 aromatic rings. The van der Waals surface area contributed by atoms with Gasteiger partial charge >= 0.3 is 0 Å². The van der Waals surface area contributed by atoms with Crippen LogP contribution in [0.2, 0.25) is 0 Å². The van der Waals surface area contributed by atoms with Crippen molar-refractivity contribution < 1.29 is 0 Å². The summed E-state index contributed by atoms with van der Waals surface area (Å²) in [5.41, 5.74) is 0.845. The van der Waals surface area contributed by atoms with Crippen molar-refractivity contribution in [1.29, 1.82) is 5.26 Å². The standard InChI is InChI=1S/C22H24NP/c1-22(2)16-13-20(22)19(15-23)21(14-16)24(17-9-5-3-6-10-17)18-11-7-4-8-12-18/h3-12,16,19-21H,13-14H2,1-2H3/t16-,19+,20+,21+/m1/s1. The predicted molar refractivity (Wildman–Crippen MR) is 102 cm³/mol. The molecule has 0 saturated heterocycles. The van der Waals surface area contributed by atoms with Gasteiger partial charge in [0.05, 0.1) is 12.0 Å². The fraction of sp³-hybridized carbons (Fsp3) is 0.409. The van der Waals surface area contributed by atoms with E-state index in [4.69, 9.17) is 0 Å². The third-order valence-electron chi connectivity index (χ3n) is 6.47. The first-order valence-electron chi connectivity index (χ1n) is 8.92. The molecule has 3 aliphatic carbocycles. The number of hydrogen-bond donors (Lipinski definition) is 0. The smallest absolute Gasteiger partial charge is 0.0665 e. The fourth-order valence-electron chi connectivity index (χ4n) is 4.92. The molecule has 24 heavy (non-hydrogen) atoms. The van der Waals surface area contributed by atoms with E-state index >= 15 is 0 Å². The Morgan fingerprint density at radius 1 is 0.917 bits per heavy atom. The summed E-state index contributed by atoms with van der Waals surface area (Å²) < 4.78 is 0. The summed E-state index contributed by atoms with van der Waals surface area (Å²) in [5, 5.41) is 12.8. The van der Waals surface area contributed by atoms with Crippen molar-refractivity contribution in [3.05, 3.63) is 60.7 Å². The molecule has 0 spiro atoms. The molecule has 3 aliphatic rings. The van der Waals surface area contributed by atoms with E-state index < -0.39 is 7.92 Å². The summed E-state index contributed by atoms with van der Waals surface area (Å²) in [6, 6.07) is 24.5. The molecule has 5 rings (SSSR count). The van der Waals surface area contributed by atoms with E-state index in [-0.39, 0.29) is 5.92 Å². The van der Waals surface area contributed by atoms with Crippen LogP contribution in [0.4, 0.5) is 0 Å². The van der Waals surface area contributed by atoms with Gasteiger partial charge in [0.2, 0.25) is 0 Å². The van der Waals surface area contributed by atoms with Crippen molar-refractivity contribution >= 4 is 18.5 Å². The highest BCUT2D eigenvalue weighted by Crippen LogP contribution is 2.66. The number of rotatable bonds is 3. The van der Waals surface area contributed by atoms with Gasteiger partial charge in [0, 0.05) is 5.66 Å². The molecule has 0 aliphatic heterocycles. The molecule has 0 radical (unpaired) electrons. The van der Waals surface area contributed by atoms with E-state index in [1.54, 1.807) is 0 Å². The lowest BCUT2D eigenvalue weighted by Crippen LogP contribution is -2.57. The Morgan fingerprint density at radius 3 is 1.92 bits per heavy atom. The highest BCUT2D eigenvalue weighted by atomic mass is 31.1. The first-order chi connectivity index (χ1) is 11.6. The van der Waals surface area contributed by atoms with Gasteiger partial charge in [0.1, 0.15) is 0 Å². The predicted octanol–water partition coefficient (Wildman–Crippen LogP) is 4.69. The topological polar surface area (TPSA) is 23.8 Å². The Balaban J connectivity index is 1.76. The summed E-state index contributed by atoms with van der Waals surface area (Å²) >= 11 is 0. The molecule has 4 atom stereocenters. The second kappa shape index (κ2) is 6.02. The van der Waals surface area contributed by atoms with Gasteiger partial charge in [-0.3, -0.25) is 0 Å². The van der Waals surface area contributed by atoms with E-state index in [0.29, 0.717) is 17.0 Å². The molecular weight excluding hydrogens is 309 g/mol. The van der Waals surface area contributed by atoms with Crippen LogP contribution in [-0.2, 0) is 0 Å². The van der Waals surface area contributed by atoms with E-state index in [1.165, 1.54) is 23.5 Å². The summed E-state index contributed by atoms with van der Waals surface area (Å²) in [4.78, 5) is 0. The van der Waals surface area contributed by atoms with Crippen molar-refractivity contribution in [1.82, 2.24) is 0 Å². The van der Waals surface area contributed by atoms with Crippen LogP contribution in [0.25, 0.3) is 0 Å². The zero-order valence-electron chi connectivity index (χ0n) is 14.4. The zero-order chi connectivity index (χ0) is 16.7. The van der Waals surface area contributed by atoms with Crippen LogP contribution in [0, 0.1) is 34.5 Å². The minimum absolute atomic E-state index is 0.191. The van der Waals surface area contributed by atoms with Crippen LogP contribution < -0.4 is 10.6 Å². The van der Waals surface area contributed by atoms with E-state index in [9.17, 15) is 5.26 Å². The maximum Gasteiger partial charge on any atom is 0.0665 e. The molecule has 2 aromatic carbocycles. The third-order valence-corrected chi connectivity index (χ3v) is 9.37. The van der Waals surface area contributed by atoms with Crippen LogP contribution >= 0.6 is 7.92 Å². The van der Waals surface area contributed by atoms with Gasteiger partial charge in [-0.2, -0.15) is 5.26 Å². The fourth-order valence-corrected chi connectivity index (χ4v) is 8.03. The minimum atomic E-state index is -0.474. The molecule has 2 heteroatoms. The van der Waals surface area contributed by atoms with Gasteiger partial charge in [-0.25, -0.2) is 0 Å². The number of hydrogen-bond acceptors (Lipinski definition) is 1. The molecular formula is C22H24NP. The Bertz CT molecular complexity index is 707. The molecule has 1 nitrogen and oxygen atoms in total. The zero-order valence-corrected chi connectivity index (χ0v) is 15.3. The van der Waals surface area contributed by atoms with Crippen molar-refractivity contribution in [3.63, 3.8) is 0 Å². The molecule has 0 heterocycles. The van der Waals surface area contributed by atoms with Crippen molar-refractivity contribution in [2.45, 2.75) is 32.3 Å². The second-order valence-electron chi connectivity index (χ2n) is 7.86. The van der Waals surface area contributed by atoms with Crippen molar-refractivity contribution in [2.75, 3.05) is 0 Å². The van der Waals surface area contributed by atoms with Crippen LogP contribution in [-0.4, -0.2) is 5.66 Å². The molecule has 0 aromatic heterocycles. The minimum Gasteiger partial charge on any atom is -0.198 e. The maximum absolute atomic E-state index is 9.99. The number of benzene rings is 2. The lowest BCUT2D eigenvalue weighted by atomic mass is 9.45. The lowest BCUT2D eigenvalue weighted by Gasteiger charge is -2.62. The van der Waals surface area contributed by atoms with Crippen molar-refractivity contribution in [3.8, 4) is 6.07 Å². The van der Waals surface area contributed by atoms with Gasteiger partial charge in [0.15, 0.2) is 0 Å². The molecule has 0 N–H and O–H groups in total. The Labute approximate surface area is 146 Å². The first kappa shape index (κ1) is 15.9. The average molecular weight is 333 g/mol. The van der Waals surface area contributed by atoms with Crippen LogP contribution in [0.3, 0.4) is 0 Å². The van der Waals surface area contributed by atoms with Gasteiger partial charge in [-0.1, -0.05) is 74.5 Å². The van der Waals surface area contributed by atoms with Gasteiger partial charge < -0.3 is 0 Å². The number of fused-ring (bicyclic) bond motifs is 2. The molecule has 122 valence electrons. The number of nitriles is 1. The number of nitrogens with zero attached hydrogens (tertiary/aromatic N) is 1. The highest BCUT2D eigenvalue weighted by molar-refractivity contribution is 7.73. The lowest BCUT2D eigenvalue weighted by molar-refractivity contribution is -0.0852. The van der Waals surface area contributed by atoms with Crippen LogP contribution in [0.1, 0.15) is 26.7 Å². The molecule has 0 amide bonds. The summed E-state index contributed by atoms with van der Waals surface area (Å²) in [5.74, 6) is 1.55. The summed E-state index contributed by atoms with van der Waals surface area (Å²) in [6.07, 6.45) is 2.46. The largest absolute Gasteiger partial charge is 0.198 e. The third kappa shape index (κ3) is 2.40. The van der Waals surface area contributed by atoms with Crippen LogP contribution in [0.15, 0.2) is 60.7 Å². The quantitative estimate of drug-likeness (QED) is 0.747. The highest BCUT2D eigenvalue weighted by Gasteiger charge is 2.59. The first-order valence-corrected chi connectivity index (χ1v) is 10.3. The molecule has 3 saturated carbocycles. The van der Waals surface area contributed by atoms with Gasteiger partial charge in [-0.15, -0.1) is 0 Å². The van der Waals surface area contributed by atoms with E-state index in [1.807, 2.05) is 0 Å². The monoisotopic (exact) mass is 333 g/mol. The second-order valence-corrected chi connectivity index (χ2v) is 10.3. The maximum atomic E-state index is 9.99.